The third-order valence-electron chi connectivity index (χ3n) is 6.96. The van der Waals surface area contributed by atoms with Crippen molar-refractivity contribution in [3.63, 3.8) is 0 Å². The molecule has 1 heterocycles. The number of carboxylic acids is 1. The van der Waals surface area contributed by atoms with Crippen LogP contribution in [-0.4, -0.2) is 15.6 Å². The lowest BCUT2D eigenvalue weighted by atomic mass is 9.99. The highest BCUT2D eigenvalue weighted by molar-refractivity contribution is 9.10. The molecule has 0 aliphatic carbocycles. The Hall–Kier alpha value is -4.09. The largest absolute Gasteiger partial charge is 0.478 e. The molecule has 0 saturated carbocycles. The summed E-state index contributed by atoms with van der Waals surface area (Å²) in [4.78, 5) is 11.6. The summed E-state index contributed by atoms with van der Waals surface area (Å²) < 4.78 is 3.33. The van der Waals surface area contributed by atoms with E-state index >= 15 is 0 Å². The van der Waals surface area contributed by atoms with E-state index < -0.39 is 5.97 Å². The zero-order chi connectivity index (χ0) is 26.8. The molecule has 0 radical (unpaired) electrons. The van der Waals surface area contributed by atoms with Gasteiger partial charge in [-0.15, -0.1) is 0 Å². The molecule has 1 aromatic heterocycles. The number of nitrogens with one attached hydrogen (secondary N) is 1. The Morgan fingerprint density at radius 3 is 2.42 bits per heavy atom. The lowest BCUT2D eigenvalue weighted by Gasteiger charge is -2.18. The van der Waals surface area contributed by atoms with E-state index in [-0.39, 0.29) is 6.04 Å². The highest BCUT2D eigenvalue weighted by Gasteiger charge is 2.13. The Morgan fingerprint density at radius 2 is 1.71 bits per heavy atom. The van der Waals surface area contributed by atoms with Crippen molar-refractivity contribution in [2.75, 3.05) is 0 Å². The maximum absolute atomic E-state index is 11.6. The van der Waals surface area contributed by atoms with Crippen molar-refractivity contribution in [3.05, 3.63) is 136 Å². The lowest BCUT2D eigenvalue weighted by molar-refractivity contribution is 0.0697. The van der Waals surface area contributed by atoms with E-state index in [1.165, 1.54) is 22.0 Å². The molecule has 0 aliphatic heterocycles. The van der Waals surface area contributed by atoms with Gasteiger partial charge in [-0.05, 0) is 77.6 Å². The Labute approximate surface area is 231 Å². The van der Waals surface area contributed by atoms with Gasteiger partial charge in [0, 0.05) is 39.9 Å². The van der Waals surface area contributed by atoms with E-state index in [0.717, 1.165) is 39.0 Å². The van der Waals surface area contributed by atoms with Crippen molar-refractivity contribution in [1.29, 1.82) is 0 Å². The zero-order valence-electron chi connectivity index (χ0n) is 21.4. The van der Waals surface area contributed by atoms with Crippen molar-refractivity contribution in [1.82, 2.24) is 9.88 Å². The molecule has 5 aromatic rings. The number of halogens is 1. The van der Waals surface area contributed by atoms with Gasteiger partial charge in [0.1, 0.15) is 0 Å². The van der Waals surface area contributed by atoms with E-state index in [1.807, 2.05) is 24.3 Å². The third kappa shape index (κ3) is 5.29. The molecule has 0 amide bonds. The van der Waals surface area contributed by atoms with Gasteiger partial charge in [-0.3, -0.25) is 0 Å². The number of carbonyl (C=O) groups is 1. The SMILES string of the molecule is C=C(N[C@@H](C)c1ccc(Br)cc1)c1ccc2c(c1)c(C)cn2Cc1ccc(-c2ccccc2C(=O)O)cc1. The Morgan fingerprint density at radius 1 is 1.00 bits per heavy atom. The number of hydrogen-bond donors (Lipinski definition) is 2. The van der Waals surface area contributed by atoms with Crippen LogP contribution in [0.5, 0.6) is 0 Å². The molecule has 0 unspecified atom stereocenters. The Bertz CT molecular complexity index is 1630. The number of aromatic carboxylic acids is 1. The van der Waals surface area contributed by atoms with Crippen LogP contribution in [0.15, 0.2) is 108 Å². The molecule has 2 N–H and O–H groups in total. The number of aryl methyl sites for hydroxylation is 1. The second-order valence-electron chi connectivity index (χ2n) is 9.62. The highest BCUT2D eigenvalue weighted by Crippen LogP contribution is 2.28. The number of carboxylic acid groups (broad SMARTS) is 1. The fraction of sp³-hybridized carbons (Fsp3) is 0.121. The first-order chi connectivity index (χ1) is 18.3. The minimum absolute atomic E-state index is 0.141. The quantitative estimate of drug-likeness (QED) is 0.199. The van der Waals surface area contributed by atoms with Crippen molar-refractivity contribution >= 4 is 38.5 Å². The van der Waals surface area contributed by atoms with Crippen LogP contribution in [0.4, 0.5) is 0 Å². The van der Waals surface area contributed by atoms with Crippen LogP contribution in [0.25, 0.3) is 27.7 Å². The van der Waals surface area contributed by atoms with E-state index in [9.17, 15) is 9.90 Å². The van der Waals surface area contributed by atoms with Gasteiger partial charge in [-0.25, -0.2) is 4.79 Å². The summed E-state index contributed by atoms with van der Waals surface area (Å²) in [7, 11) is 0. The van der Waals surface area contributed by atoms with Gasteiger partial charge >= 0.3 is 5.97 Å². The van der Waals surface area contributed by atoms with E-state index in [1.54, 1.807) is 12.1 Å². The normalized spacial score (nSPS) is 11.9. The van der Waals surface area contributed by atoms with Crippen LogP contribution in [0.2, 0.25) is 0 Å². The molecule has 0 bridgehead atoms. The van der Waals surface area contributed by atoms with Crippen molar-refractivity contribution in [3.8, 4) is 11.1 Å². The van der Waals surface area contributed by atoms with Gasteiger partial charge in [0.05, 0.1) is 5.56 Å². The number of benzene rings is 4. The summed E-state index contributed by atoms with van der Waals surface area (Å²) in [5, 5.41) is 14.3. The molecule has 4 nitrogen and oxygen atoms in total. The maximum Gasteiger partial charge on any atom is 0.336 e. The van der Waals surface area contributed by atoms with Gasteiger partial charge in [0.2, 0.25) is 0 Å². The van der Waals surface area contributed by atoms with Crippen molar-refractivity contribution in [2.24, 2.45) is 0 Å². The number of aromatic nitrogens is 1. The summed E-state index contributed by atoms with van der Waals surface area (Å²) in [6.45, 7) is 9.31. The van der Waals surface area contributed by atoms with Crippen LogP contribution >= 0.6 is 15.9 Å². The molecule has 5 heteroatoms. The van der Waals surface area contributed by atoms with Crippen LogP contribution in [0.1, 0.15) is 45.6 Å². The van der Waals surface area contributed by atoms with Crippen LogP contribution < -0.4 is 5.32 Å². The molecule has 1 atom stereocenters. The van der Waals surface area contributed by atoms with Gasteiger partial charge in [-0.2, -0.15) is 0 Å². The summed E-state index contributed by atoms with van der Waals surface area (Å²) in [6.07, 6.45) is 2.18. The topological polar surface area (TPSA) is 54.3 Å². The van der Waals surface area contributed by atoms with Gasteiger partial charge in [0.25, 0.3) is 0 Å². The van der Waals surface area contributed by atoms with E-state index in [0.29, 0.717) is 5.56 Å². The van der Waals surface area contributed by atoms with Crippen molar-refractivity contribution in [2.45, 2.75) is 26.4 Å². The van der Waals surface area contributed by atoms with E-state index in [4.69, 9.17) is 0 Å². The molecule has 4 aromatic carbocycles. The van der Waals surface area contributed by atoms with Gasteiger partial charge < -0.3 is 15.0 Å². The van der Waals surface area contributed by atoms with Crippen LogP contribution in [-0.2, 0) is 6.54 Å². The van der Waals surface area contributed by atoms with Crippen LogP contribution in [0.3, 0.4) is 0 Å². The lowest BCUT2D eigenvalue weighted by Crippen LogP contribution is -2.16. The predicted molar refractivity (Wildman–Crippen MR) is 159 cm³/mol. The first-order valence-electron chi connectivity index (χ1n) is 12.5. The second kappa shape index (κ2) is 10.7. The van der Waals surface area contributed by atoms with E-state index in [2.05, 4.69) is 107 Å². The molecule has 5 rings (SSSR count). The molecular formula is C33H29BrN2O2. The summed E-state index contributed by atoms with van der Waals surface area (Å²) in [5.41, 5.74) is 8.63. The van der Waals surface area contributed by atoms with Crippen molar-refractivity contribution < 1.29 is 9.90 Å². The molecule has 0 aliphatic rings. The fourth-order valence-electron chi connectivity index (χ4n) is 4.88. The standard InChI is InChI=1S/C33H29BrN2O2/c1-21-19-36(20-24-8-10-26(11-9-24)29-6-4-5-7-30(29)33(37)38)32-17-14-27(18-31(21)32)23(3)35-22(2)25-12-15-28(34)16-13-25/h4-19,22,35H,3,20H2,1-2H3,(H,37,38)/t22-/m0/s1. The predicted octanol–water partition coefficient (Wildman–Crippen LogP) is 8.45. The molecular weight excluding hydrogens is 536 g/mol. The number of rotatable bonds is 8. The zero-order valence-corrected chi connectivity index (χ0v) is 23.0. The summed E-state index contributed by atoms with van der Waals surface area (Å²) in [6, 6.07) is 30.2. The first-order valence-corrected chi connectivity index (χ1v) is 13.3. The fourth-order valence-corrected chi connectivity index (χ4v) is 5.15. The average Bonchev–Trinajstić information content (AvgIpc) is 3.23. The summed E-state index contributed by atoms with van der Waals surface area (Å²) in [5.74, 6) is -0.918. The third-order valence-corrected chi connectivity index (χ3v) is 7.49. The molecule has 0 fully saturated rings. The minimum atomic E-state index is -0.918. The Balaban J connectivity index is 1.34. The second-order valence-corrected chi connectivity index (χ2v) is 10.5. The number of nitrogens with zero attached hydrogens (tertiary/aromatic N) is 1. The monoisotopic (exact) mass is 564 g/mol. The number of hydrogen-bond acceptors (Lipinski definition) is 2. The molecule has 0 saturated heterocycles. The summed E-state index contributed by atoms with van der Waals surface area (Å²) >= 11 is 3.50. The Kier molecular flexibility index (Phi) is 7.21. The first kappa shape index (κ1) is 25.6. The highest BCUT2D eigenvalue weighted by atomic mass is 79.9. The maximum atomic E-state index is 11.6. The average molecular weight is 566 g/mol. The molecule has 38 heavy (non-hydrogen) atoms. The minimum Gasteiger partial charge on any atom is -0.478 e. The van der Waals surface area contributed by atoms with Crippen LogP contribution in [0, 0.1) is 6.92 Å². The molecule has 0 spiro atoms. The number of fused-ring (bicyclic) bond motifs is 1. The molecule has 190 valence electrons. The van der Waals surface area contributed by atoms with Gasteiger partial charge in [-0.1, -0.05) is 83.2 Å². The van der Waals surface area contributed by atoms with Gasteiger partial charge in [0.15, 0.2) is 0 Å². The smallest absolute Gasteiger partial charge is 0.336 e.